The molecule has 1 N–H and O–H groups in total. The number of carbonyl (C=O) groups is 1. The number of rotatable bonds is 8. The van der Waals surface area contributed by atoms with Crippen molar-refractivity contribution < 1.29 is 13.2 Å². The van der Waals surface area contributed by atoms with E-state index in [0.29, 0.717) is 23.3 Å². The zero-order valence-corrected chi connectivity index (χ0v) is 18.4. The summed E-state index contributed by atoms with van der Waals surface area (Å²) < 4.78 is 27.3. The van der Waals surface area contributed by atoms with Gasteiger partial charge in [0.25, 0.3) is 10.0 Å². The monoisotopic (exact) mass is 427 g/mol. The molecule has 0 spiro atoms. The normalized spacial score (nSPS) is 24.9. The summed E-state index contributed by atoms with van der Waals surface area (Å²) in [5.74, 6) is -0.251. The van der Waals surface area contributed by atoms with Gasteiger partial charge in [0.1, 0.15) is 4.21 Å². The van der Waals surface area contributed by atoms with Crippen LogP contribution in [0.1, 0.15) is 51.9 Å². The number of amides is 1. The summed E-state index contributed by atoms with van der Waals surface area (Å²) in [6.45, 7) is 5.91. The van der Waals surface area contributed by atoms with Crippen LogP contribution in [0.25, 0.3) is 0 Å². The van der Waals surface area contributed by atoms with Crippen LogP contribution in [0.15, 0.2) is 21.7 Å². The first-order valence-electron chi connectivity index (χ1n) is 10.6. The third-order valence-electron chi connectivity index (χ3n) is 5.99. The minimum Gasteiger partial charge on any atom is -0.356 e. The summed E-state index contributed by atoms with van der Waals surface area (Å²) in [7, 11) is -3.47. The topological polar surface area (TPSA) is 69.7 Å². The van der Waals surface area contributed by atoms with Crippen LogP contribution in [0, 0.1) is 5.92 Å². The first-order chi connectivity index (χ1) is 13.5. The molecule has 0 bridgehead atoms. The summed E-state index contributed by atoms with van der Waals surface area (Å²) in [6, 6.07) is 4.07. The molecule has 0 radical (unpaired) electrons. The standard InChI is InChI=1S/C20H33N3O3S2/c1-2-18-9-3-4-12-22(18)13-7-11-21-20(24)17-8-5-14-23(16-17)28(25,26)19-10-6-15-27-19/h6,10,15,17-18H,2-5,7-9,11-14,16H2,1H3,(H,21,24)/t17-,18+/m1/s1. The number of hydrogen-bond donors (Lipinski definition) is 1. The van der Waals surface area contributed by atoms with E-state index >= 15 is 0 Å². The van der Waals surface area contributed by atoms with Gasteiger partial charge < -0.3 is 10.2 Å². The van der Waals surface area contributed by atoms with Crippen LogP contribution < -0.4 is 5.32 Å². The maximum atomic E-state index is 12.7. The molecule has 0 aromatic carbocycles. The lowest BCUT2D eigenvalue weighted by molar-refractivity contribution is -0.126. The van der Waals surface area contributed by atoms with Crippen LogP contribution in [0.5, 0.6) is 0 Å². The van der Waals surface area contributed by atoms with E-state index in [0.717, 1.165) is 25.8 Å². The predicted octanol–water partition coefficient (Wildman–Crippen LogP) is 2.92. The van der Waals surface area contributed by atoms with Crippen molar-refractivity contribution in [1.29, 1.82) is 0 Å². The molecule has 2 atom stereocenters. The average Bonchev–Trinajstić information content (AvgIpc) is 3.27. The molecule has 2 saturated heterocycles. The highest BCUT2D eigenvalue weighted by atomic mass is 32.2. The fourth-order valence-electron chi connectivity index (χ4n) is 4.37. The Morgan fingerprint density at radius 1 is 1.25 bits per heavy atom. The van der Waals surface area contributed by atoms with Gasteiger partial charge in [-0.05, 0) is 56.5 Å². The number of hydrogen-bond acceptors (Lipinski definition) is 5. The second kappa shape index (κ2) is 10.2. The Bertz CT molecular complexity index is 721. The third-order valence-corrected chi connectivity index (χ3v) is 9.22. The highest BCUT2D eigenvalue weighted by Gasteiger charge is 2.33. The van der Waals surface area contributed by atoms with Crippen molar-refractivity contribution in [3.63, 3.8) is 0 Å². The molecule has 8 heteroatoms. The van der Waals surface area contributed by atoms with Gasteiger partial charge in [0.15, 0.2) is 0 Å². The summed E-state index contributed by atoms with van der Waals surface area (Å²) in [4.78, 5) is 15.1. The van der Waals surface area contributed by atoms with E-state index in [9.17, 15) is 13.2 Å². The maximum absolute atomic E-state index is 12.7. The molecule has 0 aliphatic carbocycles. The molecule has 1 aromatic heterocycles. The van der Waals surface area contributed by atoms with Crippen molar-refractivity contribution in [3.05, 3.63) is 17.5 Å². The quantitative estimate of drug-likeness (QED) is 0.648. The molecule has 2 aliphatic heterocycles. The van der Waals surface area contributed by atoms with E-state index < -0.39 is 10.0 Å². The van der Waals surface area contributed by atoms with Crippen LogP contribution in [-0.4, -0.2) is 62.3 Å². The number of piperidine rings is 2. The average molecular weight is 428 g/mol. The molecule has 6 nitrogen and oxygen atoms in total. The highest BCUT2D eigenvalue weighted by Crippen LogP contribution is 2.26. The van der Waals surface area contributed by atoms with Gasteiger partial charge in [0.05, 0.1) is 5.92 Å². The Labute approximate surface area is 173 Å². The van der Waals surface area contributed by atoms with Gasteiger partial charge in [-0.2, -0.15) is 4.31 Å². The molecular weight excluding hydrogens is 394 g/mol. The lowest BCUT2D eigenvalue weighted by atomic mass is 9.98. The zero-order chi connectivity index (χ0) is 20.0. The van der Waals surface area contributed by atoms with Gasteiger partial charge in [0, 0.05) is 32.2 Å². The van der Waals surface area contributed by atoms with Crippen molar-refractivity contribution in [1.82, 2.24) is 14.5 Å². The minimum absolute atomic E-state index is 0.00300. The van der Waals surface area contributed by atoms with Crippen LogP contribution in [0.2, 0.25) is 0 Å². The Hall–Kier alpha value is -0.960. The summed E-state index contributed by atoms with van der Waals surface area (Å²) in [5, 5.41) is 4.82. The van der Waals surface area contributed by atoms with Gasteiger partial charge in [-0.25, -0.2) is 8.42 Å². The number of nitrogens with one attached hydrogen (secondary N) is 1. The molecule has 2 fully saturated rings. The van der Waals surface area contributed by atoms with Crippen LogP contribution in [0.4, 0.5) is 0 Å². The fourth-order valence-corrected chi connectivity index (χ4v) is 7.04. The summed E-state index contributed by atoms with van der Waals surface area (Å²) in [6.07, 6.45) is 7.54. The Kier molecular flexibility index (Phi) is 7.91. The molecule has 0 saturated carbocycles. The Morgan fingerprint density at radius 3 is 2.86 bits per heavy atom. The second-order valence-electron chi connectivity index (χ2n) is 7.87. The maximum Gasteiger partial charge on any atom is 0.252 e. The van der Waals surface area contributed by atoms with Crippen LogP contribution in [0.3, 0.4) is 0 Å². The van der Waals surface area contributed by atoms with Crippen molar-refractivity contribution in [2.45, 2.75) is 62.1 Å². The minimum atomic E-state index is -3.47. The van der Waals surface area contributed by atoms with E-state index in [1.165, 1.54) is 47.9 Å². The van der Waals surface area contributed by atoms with Gasteiger partial charge in [-0.1, -0.05) is 19.4 Å². The van der Waals surface area contributed by atoms with Gasteiger partial charge in [0.2, 0.25) is 5.91 Å². The highest BCUT2D eigenvalue weighted by molar-refractivity contribution is 7.91. The molecular formula is C20H33N3O3S2. The zero-order valence-electron chi connectivity index (χ0n) is 16.8. The summed E-state index contributed by atoms with van der Waals surface area (Å²) >= 11 is 1.23. The number of thiophene rings is 1. The number of nitrogens with zero attached hydrogens (tertiary/aromatic N) is 2. The van der Waals surface area contributed by atoms with Gasteiger partial charge in [-0.3, -0.25) is 4.79 Å². The van der Waals surface area contributed by atoms with Crippen molar-refractivity contribution >= 4 is 27.3 Å². The smallest absolute Gasteiger partial charge is 0.252 e. The lowest BCUT2D eigenvalue weighted by Gasteiger charge is -2.35. The molecule has 1 amide bonds. The first kappa shape index (κ1) is 21.7. The first-order valence-corrected chi connectivity index (χ1v) is 12.9. The van der Waals surface area contributed by atoms with Crippen molar-refractivity contribution in [2.24, 2.45) is 5.92 Å². The fraction of sp³-hybridized carbons (Fsp3) is 0.750. The van der Waals surface area contributed by atoms with Gasteiger partial charge >= 0.3 is 0 Å². The molecule has 2 aliphatic rings. The number of carbonyl (C=O) groups excluding carboxylic acids is 1. The molecule has 158 valence electrons. The SMILES string of the molecule is CC[C@H]1CCCCN1CCCNC(=O)[C@@H]1CCCN(S(=O)(=O)c2cccs2)C1. The van der Waals surface area contributed by atoms with Crippen LogP contribution >= 0.6 is 11.3 Å². The van der Waals surface area contributed by atoms with Crippen molar-refractivity contribution in [2.75, 3.05) is 32.7 Å². The molecule has 0 unspecified atom stereocenters. The predicted molar refractivity (Wildman–Crippen MR) is 113 cm³/mol. The molecule has 1 aromatic rings. The lowest BCUT2D eigenvalue weighted by Crippen LogP contribution is -2.46. The molecule has 28 heavy (non-hydrogen) atoms. The number of sulfonamides is 1. The summed E-state index contributed by atoms with van der Waals surface area (Å²) in [5.41, 5.74) is 0. The second-order valence-corrected chi connectivity index (χ2v) is 11.0. The van der Waals surface area contributed by atoms with E-state index in [4.69, 9.17) is 0 Å². The van der Waals surface area contributed by atoms with Gasteiger partial charge in [-0.15, -0.1) is 11.3 Å². The Morgan fingerprint density at radius 2 is 2.11 bits per heavy atom. The Balaban J connectivity index is 1.44. The van der Waals surface area contributed by atoms with Crippen LogP contribution in [-0.2, 0) is 14.8 Å². The number of likely N-dealkylation sites (tertiary alicyclic amines) is 1. The molecule has 3 heterocycles. The van der Waals surface area contributed by atoms with E-state index in [1.807, 2.05) is 0 Å². The van der Waals surface area contributed by atoms with E-state index in [2.05, 4.69) is 17.1 Å². The largest absolute Gasteiger partial charge is 0.356 e. The third kappa shape index (κ3) is 5.34. The van der Waals surface area contributed by atoms with E-state index in [-0.39, 0.29) is 18.4 Å². The molecule has 3 rings (SSSR count). The van der Waals surface area contributed by atoms with E-state index in [1.54, 1.807) is 17.5 Å². The van der Waals surface area contributed by atoms with Crippen molar-refractivity contribution in [3.8, 4) is 0 Å².